The molecule has 0 spiro atoms. The van der Waals surface area contributed by atoms with Crippen molar-refractivity contribution in [2.75, 3.05) is 26.2 Å². The molecule has 0 aromatic heterocycles. The van der Waals surface area contributed by atoms with Crippen molar-refractivity contribution in [2.45, 2.75) is 64.3 Å². The third-order valence-corrected chi connectivity index (χ3v) is 4.31. The van der Waals surface area contributed by atoms with Crippen molar-refractivity contribution in [3.8, 4) is 0 Å². The Morgan fingerprint density at radius 2 is 1.76 bits per heavy atom. The summed E-state index contributed by atoms with van der Waals surface area (Å²) in [6.07, 6.45) is 11.5. The largest absolute Gasteiger partial charge is 0.315 e. The molecule has 2 fully saturated rings. The molecule has 2 aliphatic carbocycles. The Balaban J connectivity index is 1.51. The molecule has 0 aromatic carbocycles. The third-order valence-electron chi connectivity index (χ3n) is 4.31. The Hall–Kier alpha value is -0.0800. The highest BCUT2D eigenvalue weighted by molar-refractivity contribution is 4.84. The van der Waals surface area contributed by atoms with Gasteiger partial charge in [0.1, 0.15) is 0 Å². The van der Waals surface area contributed by atoms with Gasteiger partial charge in [0.05, 0.1) is 0 Å². The van der Waals surface area contributed by atoms with E-state index in [-0.39, 0.29) is 0 Å². The van der Waals surface area contributed by atoms with Gasteiger partial charge in [0.2, 0.25) is 0 Å². The van der Waals surface area contributed by atoms with E-state index in [9.17, 15) is 0 Å². The molecule has 0 radical (unpaired) electrons. The maximum atomic E-state index is 3.68. The molecule has 0 saturated heterocycles. The Labute approximate surface area is 107 Å². The maximum absolute atomic E-state index is 3.68. The van der Waals surface area contributed by atoms with Crippen molar-refractivity contribution in [2.24, 2.45) is 5.92 Å². The topological polar surface area (TPSA) is 15.3 Å². The summed E-state index contributed by atoms with van der Waals surface area (Å²) >= 11 is 0. The van der Waals surface area contributed by atoms with Gasteiger partial charge < -0.3 is 5.32 Å². The van der Waals surface area contributed by atoms with Crippen molar-refractivity contribution >= 4 is 0 Å². The number of nitrogens with zero attached hydrogens (tertiary/aromatic N) is 1. The van der Waals surface area contributed by atoms with Gasteiger partial charge in [-0.15, -0.1) is 0 Å². The van der Waals surface area contributed by atoms with Crippen molar-refractivity contribution in [1.29, 1.82) is 0 Å². The molecule has 0 heterocycles. The van der Waals surface area contributed by atoms with E-state index >= 15 is 0 Å². The van der Waals surface area contributed by atoms with Crippen LogP contribution in [0.4, 0.5) is 0 Å². The van der Waals surface area contributed by atoms with Gasteiger partial charge in [0.15, 0.2) is 0 Å². The molecule has 2 aliphatic rings. The van der Waals surface area contributed by atoms with Crippen LogP contribution < -0.4 is 5.32 Å². The highest BCUT2D eigenvalue weighted by Crippen LogP contribution is 2.26. The van der Waals surface area contributed by atoms with E-state index in [0.717, 1.165) is 12.0 Å². The summed E-state index contributed by atoms with van der Waals surface area (Å²) < 4.78 is 0. The SMILES string of the molecule is CCCN(CCNCC1CCCCC1)C1CC1. The van der Waals surface area contributed by atoms with E-state index in [1.807, 2.05) is 0 Å². The predicted molar refractivity (Wildman–Crippen MR) is 74.3 cm³/mol. The minimum atomic E-state index is 0.937. The predicted octanol–water partition coefficient (Wildman–Crippen LogP) is 3.03. The molecule has 0 unspecified atom stereocenters. The standard InChI is InChI=1S/C15H30N2/c1-2-11-17(15-8-9-15)12-10-16-13-14-6-4-3-5-7-14/h14-16H,2-13H2,1H3. The lowest BCUT2D eigenvalue weighted by Gasteiger charge is -2.24. The van der Waals surface area contributed by atoms with Crippen LogP contribution in [0.3, 0.4) is 0 Å². The molecule has 1 N–H and O–H groups in total. The average Bonchev–Trinajstić information content (AvgIpc) is 3.19. The van der Waals surface area contributed by atoms with Crippen LogP contribution in [0.2, 0.25) is 0 Å². The smallest absolute Gasteiger partial charge is 0.0110 e. The zero-order chi connectivity index (χ0) is 11.9. The van der Waals surface area contributed by atoms with Crippen LogP contribution in [-0.2, 0) is 0 Å². The summed E-state index contributed by atoms with van der Waals surface area (Å²) in [5.74, 6) is 0.976. The molecular formula is C15H30N2. The second-order valence-corrected chi connectivity index (χ2v) is 5.98. The van der Waals surface area contributed by atoms with Crippen molar-refractivity contribution in [3.05, 3.63) is 0 Å². The first-order valence-corrected chi connectivity index (χ1v) is 7.85. The van der Waals surface area contributed by atoms with E-state index in [4.69, 9.17) is 0 Å². The van der Waals surface area contributed by atoms with Gasteiger partial charge in [-0.3, -0.25) is 4.90 Å². The van der Waals surface area contributed by atoms with Gasteiger partial charge >= 0.3 is 0 Å². The molecule has 100 valence electrons. The first-order valence-electron chi connectivity index (χ1n) is 7.85. The lowest BCUT2D eigenvalue weighted by atomic mass is 9.89. The summed E-state index contributed by atoms with van der Waals surface area (Å²) in [4.78, 5) is 2.69. The van der Waals surface area contributed by atoms with Gasteiger partial charge in [0, 0.05) is 19.1 Å². The average molecular weight is 238 g/mol. The normalized spacial score (nSPS) is 22.2. The van der Waals surface area contributed by atoms with E-state index < -0.39 is 0 Å². The Morgan fingerprint density at radius 3 is 2.41 bits per heavy atom. The number of hydrogen-bond donors (Lipinski definition) is 1. The van der Waals surface area contributed by atoms with Gasteiger partial charge in [0.25, 0.3) is 0 Å². The van der Waals surface area contributed by atoms with E-state index in [0.29, 0.717) is 0 Å². The quantitative estimate of drug-likeness (QED) is 0.654. The molecule has 0 amide bonds. The number of hydrogen-bond acceptors (Lipinski definition) is 2. The van der Waals surface area contributed by atoms with Crippen LogP contribution in [-0.4, -0.2) is 37.1 Å². The van der Waals surface area contributed by atoms with Crippen molar-refractivity contribution in [1.82, 2.24) is 10.2 Å². The molecule has 0 bridgehead atoms. The highest BCUT2D eigenvalue weighted by atomic mass is 15.2. The zero-order valence-electron chi connectivity index (χ0n) is 11.6. The van der Waals surface area contributed by atoms with Crippen molar-refractivity contribution in [3.63, 3.8) is 0 Å². The fourth-order valence-corrected chi connectivity index (χ4v) is 3.12. The summed E-state index contributed by atoms with van der Waals surface area (Å²) in [5.41, 5.74) is 0. The Morgan fingerprint density at radius 1 is 1.00 bits per heavy atom. The zero-order valence-corrected chi connectivity index (χ0v) is 11.6. The lowest BCUT2D eigenvalue weighted by Crippen LogP contribution is -2.36. The van der Waals surface area contributed by atoms with Crippen LogP contribution in [0.25, 0.3) is 0 Å². The fraction of sp³-hybridized carbons (Fsp3) is 1.00. The summed E-state index contributed by atoms with van der Waals surface area (Å²) in [6.45, 7) is 7.34. The molecular weight excluding hydrogens is 208 g/mol. The second-order valence-electron chi connectivity index (χ2n) is 5.98. The van der Waals surface area contributed by atoms with Crippen LogP contribution in [0.15, 0.2) is 0 Å². The minimum Gasteiger partial charge on any atom is -0.315 e. The molecule has 2 heteroatoms. The fourth-order valence-electron chi connectivity index (χ4n) is 3.12. The number of nitrogens with one attached hydrogen (secondary N) is 1. The summed E-state index contributed by atoms with van der Waals surface area (Å²) in [7, 11) is 0. The van der Waals surface area contributed by atoms with Gasteiger partial charge in [-0.2, -0.15) is 0 Å². The third kappa shape index (κ3) is 4.97. The Kier molecular flexibility index (Phi) is 5.79. The van der Waals surface area contributed by atoms with Gasteiger partial charge in [-0.25, -0.2) is 0 Å². The Bertz CT molecular complexity index is 195. The second kappa shape index (κ2) is 7.38. The van der Waals surface area contributed by atoms with E-state index in [1.54, 1.807) is 0 Å². The highest BCUT2D eigenvalue weighted by Gasteiger charge is 2.27. The first kappa shape index (κ1) is 13.4. The van der Waals surface area contributed by atoms with Crippen LogP contribution in [0.5, 0.6) is 0 Å². The first-order chi connectivity index (χ1) is 8.40. The van der Waals surface area contributed by atoms with Crippen LogP contribution in [0, 0.1) is 5.92 Å². The van der Waals surface area contributed by atoms with E-state index in [2.05, 4.69) is 17.1 Å². The monoisotopic (exact) mass is 238 g/mol. The van der Waals surface area contributed by atoms with Gasteiger partial charge in [-0.05, 0) is 51.1 Å². The molecule has 2 nitrogen and oxygen atoms in total. The van der Waals surface area contributed by atoms with Crippen molar-refractivity contribution < 1.29 is 0 Å². The van der Waals surface area contributed by atoms with Gasteiger partial charge in [-0.1, -0.05) is 26.2 Å². The molecule has 0 atom stereocenters. The minimum absolute atomic E-state index is 0.937. The number of rotatable bonds is 8. The summed E-state index contributed by atoms with van der Waals surface area (Å²) in [5, 5.41) is 3.68. The molecule has 2 rings (SSSR count). The molecule has 0 aromatic rings. The maximum Gasteiger partial charge on any atom is 0.0110 e. The van der Waals surface area contributed by atoms with Crippen LogP contribution in [0.1, 0.15) is 58.3 Å². The van der Waals surface area contributed by atoms with E-state index in [1.165, 1.54) is 77.5 Å². The van der Waals surface area contributed by atoms with Crippen LogP contribution >= 0.6 is 0 Å². The summed E-state index contributed by atoms with van der Waals surface area (Å²) in [6, 6.07) is 0.937. The molecule has 0 aliphatic heterocycles. The lowest BCUT2D eigenvalue weighted by molar-refractivity contribution is 0.257. The molecule has 17 heavy (non-hydrogen) atoms. The molecule has 2 saturated carbocycles.